The minimum atomic E-state index is -0.784. The molecule has 4 rings (SSSR count). The second kappa shape index (κ2) is 9.18. The normalized spacial score (nSPS) is 21.5. The molecule has 6 heteroatoms. The molecule has 2 aliphatic heterocycles. The van der Waals surface area contributed by atoms with Gasteiger partial charge in [-0.3, -0.25) is 19.5 Å². The zero-order valence-corrected chi connectivity index (χ0v) is 18.5. The predicted octanol–water partition coefficient (Wildman–Crippen LogP) is 2.99. The molecule has 1 atom stereocenters. The smallest absolute Gasteiger partial charge is 0.246 e. The Kier molecular flexibility index (Phi) is 6.37. The first-order valence-corrected chi connectivity index (χ1v) is 11.3. The molecule has 1 aromatic carbocycles. The zero-order chi connectivity index (χ0) is 21.8. The van der Waals surface area contributed by atoms with Gasteiger partial charge in [-0.2, -0.15) is 0 Å². The third kappa shape index (κ3) is 4.64. The molecule has 3 heterocycles. The van der Waals surface area contributed by atoms with E-state index in [1.165, 1.54) is 5.56 Å². The van der Waals surface area contributed by atoms with Gasteiger partial charge in [0.1, 0.15) is 11.6 Å². The molecule has 1 N–H and O–H groups in total. The van der Waals surface area contributed by atoms with Crippen molar-refractivity contribution >= 4 is 11.8 Å². The summed E-state index contributed by atoms with van der Waals surface area (Å²) in [5.74, 6) is 0.367. The van der Waals surface area contributed by atoms with Crippen LogP contribution in [0.4, 0.5) is 0 Å². The molecule has 0 bridgehead atoms. The summed E-state index contributed by atoms with van der Waals surface area (Å²) in [7, 11) is 0. The fourth-order valence-electron chi connectivity index (χ4n) is 4.83. The number of carbonyl (C=O) groups is 2. The van der Waals surface area contributed by atoms with Gasteiger partial charge in [0, 0.05) is 38.6 Å². The van der Waals surface area contributed by atoms with Crippen LogP contribution in [0.2, 0.25) is 0 Å². The lowest BCUT2D eigenvalue weighted by atomic mass is 9.80. The van der Waals surface area contributed by atoms with Crippen LogP contribution < -0.4 is 5.32 Å². The molecule has 2 saturated heterocycles. The Labute approximate surface area is 184 Å². The number of nitrogens with zero attached hydrogens (tertiary/aromatic N) is 3. The number of likely N-dealkylation sites (tertiary alicyclic amines) is 1. The number of aromatic nitrogens is 1. The van der Waals surface area contributed by atoms with Crippen molar-refractivity contribution in [1.29, 1.82) is 0 Å². The summed E-state index contributed by atoms with van der Waals surface area (Å²) < 4.78 is 0. The van der Waals surface area contributed by atoms with Gasteiger partial charge in [-0.1, -0.05) is 50.2 Å². The van der Waals surface area contributed by atoms with Crippen LogP contribution >= 0.6 is 0 Å². The number of hydrogen-bond donors (Lipinski definition) is 1. The van der Waals surface area contributed by atoms with E-state index in [0.717, 1.165) is 25.2 Å². The molecule has 0 saturated carbocycles. The summed E-state index contributed by atoms with van der Waals surface area (Å²) in [6.45, 7) is 7.02. The van der Waals surface area contributed by atoms with E-state index in [9.17, 15) is 9.59 Å². The molecule has 2 aromatic rings. The molecule has 31 heavy (non-hydrogen) atoms. The van der Waals surface area contributed by atoms with Crippen molar-refractivity contribution in [2.75, 3.05) is 13.1 Å². The number of amides is 2. The van der Waals surface area contributed by atoms with E-state index in [2.05, 4.69) is 53.3 Å². The average molecular weight is 421 g/mol. The van der Waals surface area contributed by atoms with E-state index in [1.54, 1.807) is 12.4 Å². The summed E-state index contributed by atoms with van der Waals surface area (Å²) in [6.07, 6.45) is 5.46. The van der Waals surface area contributed by atoms with Gasteiger partial charge in [0.25, 0.3) is 0 Å². The van der Waals surface area contributed by atoms with Gasteiger partial charge in [-0.15, -0.1) is 0 Å². The van der Waals surface area contributed by atoms with Crippen molar-refractivity contribution in [2.45, 2.75) is 57.8 Å². The Balaban J connectivity index is 1.55. The highest BCUT2D eigenvalue weighted by Gasteiger charge is 2.53. The van der Waals surface area contributed by atoms with Crippen molar-refractivity contribution in [3.8, 4) is 0 Å². The number of rotatable bonds is 6. The Morgan fingerprint density at radius 3 is 2.39 bits per heavy atom. The second-order valence-corrected chi connectivity index (χ2v) is 9.23. The number of benzene rings is 1. The van der Waals surface area contributed by atoms with Crippen molar-refractivity contribution < 1.29 is 9.59 Å². The van der Waals surface area contributed by atoms with Crippen LogP contribution in [0, 0.1) is 5.92 Å². The van der Waals surface area contributed by atoms with Gasteiger partial charge >= 0.3 is 0 Å². The van der Waals surface area contributed by atoms with Crippen molar-refractivity contribution in [3.05, 3.63) is 66.0 Å². The Hall–Kier alpha value is -2.73. The Morgan fingerprint density at radius 2 is 1.74 bits per heavy atom. The number of pyridine rings is 1. The minimum absolute atomic E-state index is 0.000927. The van der Waals surface area contributed by atoms with Gasteiger partial charge in [-0.05, 0) is 42.4 Å². The lowest BCUT2D eigenvalue weighted by Crippen LogP contribution is -2.72. The van der Waals surface area contributed by atoms with E-state index in [-0.39, 0.29) is 11.8 Å². The molecule has 2 aliphatic rings. The highest BCUT2D eigenvalue weighted by atomic mass is 16.2. The standard InChI is InChI=1S/C25H32N4O2/c1-19(2)15-22-23(30)29(18-21-9-6-12-26-16-21)25(24(31)27-22)10-13-28(14-11-25)17-20-7-4-3-5-8-20/h3-9,12,16,19,22H,10-11,13-15,17-18H2,1-2H3,(H,27,31). The average Bonchev–Trinajstić information content (AvgIpc) is 2.77. The molecule has 1 aromatic heterocycles. The predicted molar refractivity (Wildman–Crippen MR) is 120 cm³/mol. The first kappa shape index (κ1) is 21.5. The van der Waals surface area contributed by atoms with Crippen molar-refractivity contribution in [2.24, 2.45) is 5.92 Å². The lowest BCUT2D eigenvalue weighted by molar-refractivity contribution is -0.162. The molecular weight excluding hydrogens is 388 g/mol. The molecule has 0 radical (unpaired) electrons. The maximum Gasteiger partial charge on any atom is 0.246 e. The number of nitrogens with one attached hydrogen (secondary N) is 1. The first-order valence-electron chi connectivity index (χ1n) is 11.3. The van der Waals surface area contributed by atoms with Gasteiger partial charge in [0.2, 0.25) is 11.8 Å². The van der Waals surface area contributed by atoms with Crippen LogP contribution in [0.3, 0.4) is 0 Å². The second-order valence-electron chi connectivity index (χ2n) is 9.23. The zero-order valence-electron chi connectivity index (χ0n) is 18.5. The monoisotopic (exact) mass is 420 g/mol. The van der Waals surface area contributed by atoms with Crippen LogP contribution in [0.15, 0.2) is 54.9 Å². The van der Waals surface area contributed by atoms with E-state index in [1.807, 2.05) is 23.1 Å². The van der Waals surface area contributed by atoms with E-state index in [0.29, 0.717) is 31.7 Å². The fourth-order valence-corrected chi connectivity index (χ4v) is 4.83. The van der Waals surface area contributed by atoms with E-state index in [4.69, 9.17) is 0 Å². The summed E-state index contributed by atoms with van der Waals surface area (Å²) in [5.41, 5.74) is 1.44. The molecule has 1 unspecified atom stereocenters. The fraction of sp³-hybridized carbons (Fsp3) is 0.480. The van der Waals surface area contributed by atoms with Gasteiger partial charge in [-0.25, -0.2) is 0 Å². The topological polar surface area (TPSA) is 65.5 Å². The maximum atomic E-state index is 13.5. The molecular formula is C25H32N4O2. The highest BCUT2D eigenvalue weighted by molar-refractivity contribution is 6.00. The molecule has 0 aliphatic carbocycles. The molecule has 2 fully saturated rings. The lowest BCUT2D eigenvalue weighted by Gasteiger charge is -2.52. The van der Waals surface area contributed by atoms with Crippen molar-refractivity contribution in [1.82, 2.24) is 20.1 Å². The van der Waals surface area contributed by atoms with E-state index < -0.39 is 11.6 Å². The van der Waals surface area contributed by atoms with Gasteiger partial charge in [0.15, 0.2) is 0 Å². The molecule has 164 valence electrons. The van der Waals surface area contributed by atoms with Crippen LogP contribution in [-0.4, -0.2) is 51.3 Å². The third-order valence-corrected chi connectivity index (χ3v) is 6.51. The van der Waals surface area contributed by atoms with E-state index >= 15 is 0 Å². The number of hydrogen-bond acceptors (Lipinski definition) is 4. The third-order valence-electron chi connectivity index (χ3n) is 6.51. The van der Waals surface area contributed by atoms with Crippen LogP contribution in [0.1, 0.15) is 44.2 Å². The largest absolute Gasteiger partial charge is 0.342 e. The quantitative estimate of drug-likeness (QED) is 0.780. The van der Waals surface area contributed by atoms with Crippen LogP contribution in [0.5, 0.6) is 0 Å². The number of carbonyl (C=O) groups excluding carboxylic acids is 2. The van der Waals surface area contributed by atoms with Gasteiger partial charge < -0.3 is 10.2 Å². The maximum absolute atomic E-state index is 13.5. The summed E-state index contributed by atoms with van der Waals surface area (Å²) in [4.78, 5) is 35.4. The van der Waals surface area contributed by atoms with Crippen LogP contribution in [0.25, 0.3) is 0 Å². The Bertz CT molecular complexity index is 892. The number of piperazine rings is 1. The molecule has 6 nitrogen and oxygen atoms in total. The minimum Gasteiger partial charge on any atom is -0.342 e. The summed E-state index contributed by atoms with van der Waals surface area (Å²) in [5, 5.41) is 3.07. The van der Waals surface area contributed by atoms with Crippen LogP contribution in [-0.2, 0) is 22.7 Å². The van der Waals surface area contributed by atoms with Crippen molar-refractivity contribution in [3.63, 3.8) is 0 Å². The SMILES string of the molecule is CC(C)CC1NC(=O)C2(CCN(Cc3ccccc3)CC2)N(Cc2cccnc2)C1=O. The molecule has 1 spiro atoms. The highest BCUT2D eigenvalue weighted by Crippen LogP contribution is 2.35. The number of piperidine rings is 1. The Morgan fingerprint density at radius 1 is 1.03 bits per heavy atom. The summed E-state index contributed by atoms with van der Waals surface area (Å²) >= 11 is 0. The molecule has 2 amide bonds. The summed E-state index contributed by atoms with van der Waals surface area (Å²) in [6, 6.07) is 13.8. The van der Waals surface area contributed by atoms with Gasteiger partial charge in [0.05, 0.1) is 0 Å². The first-order chi connectivity index (χ1) is 15.0.